The van der Waals surface area contributed by atoms with E-state index < -0.39 is 0 Å². The number of aromatic nitrogens is 2. The van der Waals surface area contributed by atoms with Gasteiger partial charge in [-0.2, -0.15) is 10.5 Å². The average Bonchev–Trinajstić information content (AvgIpc) is 3.04. The SMILES string of the molecule is Cc1cccc2sc(NC(=O)CSc3nc(N)c(C#N)cc3C#N)nc12. The van der Waals surface area contributed by atoms with E-state index in [0.29, 0.717) is 10.2 Å². The second-order valence-corrected chi connectivity index (χ2v) is 7.27. The number of aryl methyl sites for hydroxylation is 1. The smallest absolute Gasteiger partial charge is 0.236 e. The molecular formula is C17H12N6OS2. The average molecular weight is 380 g/mol. The zero-order valence-corrected chi connectivity index (χ0v) is 15.2. The van der Waals surface area contributed by atoms with E-state index in [2.05, 4.69) is 15.3 Å². The van der Waals surface area contributed by atoms with Gasteiger partial charge in [0.2, 0.25) is 5.91 Å². The Morgan fingerprint density at radius 2 is 2.08 bits per heavy atom. The zero-order chi connectivity index (χ0) is 18.7. The fourth-order valence-electron chi connectivity index (χ4n) is 2.22. The van der Waals surface area contributed by atoms with Crippen molar-refractivity contribution < 1.29 is 4.79 Å². The molecule has 0 unspecified atom stereocenters. The molecule has 0 fully saturated rings. The third-order valence-corrected chi connectivity index (χ3v) is 5.39. The van der Waals surface area contributed by atoms with Gasteiger partial charge in [-0.25, -0.2) is 9.97 Å². The van der Waals surface area contributed by atoms with Crippen molar-refractivity contribution in [2.75, 3.05) is 16.8 Å². The van der Waals surface area contributed by atoms with Crippen LogP contribution in [-0.2, 0) is 4.79 Å². The van der Waals surface area contributed by atoms with Crippen molar-refractivity contribution in [3.8, 4) is 12.1 Å². The van der Waals surface area contributed by atoms with Crippen LogP contribution < -0.4 is 11.1 Å². The number of nitrogen functional groups attached to an aromatic ring is 1. The van der Waals surface area contributed by atoms with Gasteiger partial charge in [-0.1, -0.05) is 35.2 Å². The molecule has 1 aromatic carbocycles. The summed E-state index contributed by atoms with van der Waals surface area (Å²) in [5, 5.41) is 21.7. The van der Waals surface area contributed by atoms with E-state index in [1.165, 1.54) is 17.4 Å². The number of nitrogens with zero attached hydrogens (tertiary/aromatic N) is 4. The van der Waals surface area contributed by atoms with Crippen molar-refractivity contribution >= 4 is 50.2 Å². The van der Waals surface area contributed by atoms with Crippen molar-refractivity contribution in [3.05, 3.63) is 41.0 Å². The number of anilines is 2. The topological polar surface area (TPSA) is 128 Å². The number of nitrogens with two attached hydrogens (primary N) is 1. The monoisotopic (exact) mass is 380 g/mol. The molecule has 3 rings (SSSR count). The van der Waals surface area contributed by atoms with Gasteiger partial charge in [-0.05, 0) is 24.6 Å². The van der Waals surface area contributed by atoms with Crippen molar-refractivity contribution in [3.63, 3.8) is 0 Å². The molecule has 0 radical (unpaired) electrons. The third kappa shape index (κ3) is 3.59. The van der Waals surface area contributed by atoms with Gasteiger partial charge in [0.05, 0.1) is 27.1 Å². The standard InChI is InChI=1S/C17H12N6OS2/c1-9-3-2-4-12-14(9)22-17(26-12)21-13(24)8-25-16-11(7-19)5-10(6-18)15(20)23-16/h2-5H,8H2,1H3,(H2,20,23)(H,21,22,24). The number of hydrogen-bond acceptors (Lipinski definition) is 8. The van der Waals surface area contributed by atoms with Crippen molar-refractivity contribution in [2.45, 2.75) is 11.9 Å². The number of thioether (sulfide) groups is 1. The van der Waals surface area contributed by atoms with E-state index >= 15 is 0 Å². The maximum Gasteiger partial charge on any atom is 0.236 e. The molecule has 2 aromatic heterocycles. The number of nitriles is 2. The number of amides is 1. The highest BCUT2D eigenvalue weighted by Gasteiger charge is 2.14. The van der Waals surface area contributed by atoms with Crippen LogP contribution in [-0.4, -0.2) is 21.6 Å². The second kappa shape index (κ2) is 7.40. The van der Waals surface area contributed by atoms with Gasteiger partial charge in [-0.3, -0.25) is 4.79 Å². The number of carbonyl (C=O) groups is 1. The Bertz CT molecular complexity index is 1090. The molecule has 9 heteroatoms. The van der Waals surface area contributed by atoms with E-state index in [1.807, 2.05) is 37.3 Å². The Labute approximate surface area is 157 Å². The minimum atomic E-state index is -0.264. The molecule has 0 spiro atoms. The van der Waals surface area contributed by atoms with Crippen LogP contribution in [0.1, 0.15) is 16.7 Å². The molecule has 1 amide bonds. The number of hydrogen-bond donors (Lipinski definition) is 2. The molecule has 7 nitrogen and oxygen atoms in total. The van der Waals surface area contributed by atoms with Gasteiger partial charge < -0.3 is 11.1 Å². The lowest BCUT2D eigenvalue weighted by Crippen LogP contribution is -2.14. The van der Waals surface area contributed by atoms with Crippen LogP contribution in [0, 0.1) is 29.6 Å². The van der Waals surface area contributed by atoms with E-state index in [9.17, 15) is 10.1 Å². The van der Waals surface area contributed by atoms with Crippen molar-refractivity contribution in [1.82, 2.24) is 9.97 Å². The lowest BCUT2D eigenvalue weighted by molar-refractivity contribution is -0.113. The first-order valence-electron chi connectivity index (χ1n) is 7.41. The Morgan fingerprint density at radius 3 is 2.77 bits per heavy atom. The molecule has 2 heterocycles. The van der Waals surface area contributed by atoms with Crippen molar-refractivity contribution in [2.24, 2.45) is 0 Å². The molecule has 0 saturated carbocycles. The number of nitrogens with one attached hydrogen (secondary N) is 1. The molecule has 0 atom stereocenters. The van der Waals surface area contributed by atoms with E-state index in [4.69, 9.17) is 11.0 Å². The highest BCUT2D eigenvalue weighted by Crippen LogP contribution is 2.28. The summed E-state index contributed by atoms with van der Waals surface area (Å²) in [5.41, 5.74) is 7.94. The molecule has 3 N–H and O–H groups in total. The number of pyridine rings is 1. The fourth-order valence-corrected chi connectivity index (χ4v) is 3.94. The summed E-state index contributed by atoms with van der Waals surface area (Å²) in [6.45, 7) is 1.97. The van der Waals surface area contributed by atoms with Crippen LogP contribution in [0.4, 0.5) is 10.9 Å². The largest absolute Gasteiger partial charge is 0.383 e. The lowest BCUT2D eigenvalue weighted by Gasteiger charge is -2.05. The van der Waals surface area contributed by atoms with Gasteiger partial charge in [0, 0.05) is 0 Å². The predicted octanol–water partition coefficient (Wildman–Crippen LogP) is 3.06. The molecule has 0 aliphatic carbocycles. The summed E-state index contributed by atoms with van der Waals surface area (Å²) < 4.78 is 1.00. The Hall–Kier alpha value is -3.14. The summed E-state index contributed by atoms with van der Waals surface area (Å²) >= 11 is 2.48. The molecule has 0 saturated heterocycles. The Kier molecular flexibility index (Phi) is 5.03. The second-order valence-electron chi connectivity index (χ2n) is 5.28. The Morgan fingerprint density at radius 1 is 1.31 bits per heavy atom. The summed E-state index contributed by atoms with van der Waals surface area (Å²) in [4.78, 5) is 20.7. The zero-order valence-electron chi connectivity index (χ0n) is 13.6. The van der Waals surface area contributed by atoms with Gasteiger partial charge >= 0.3 is 0 Å². The lowest BCUT2D eigenvalue weighted by atomic mass is 10.2. The number of para-hydroxylation sites is 1. The van der Waals surface area contributed by atoms with Gasteiger partial charge in [0.25, 0.3) is 0 Å². The quantitative estimate of drug-likeness (QED) is 0.665. The highest BCUT2D eigenvalue weighted by atomic mass is 32.2. The summed E-state index contributed by atoms with van der Waals surface area (Å²) in [5.74, 6) is -0.182. The van der Waals surface area contributed by atoms with Crippen LogP contribution in [0.5, 0.6) is 0 Å². The number of fused-ring (bicyclic) bond motifs is 1. The molecular weight excluding hydrogens is 368 g/mol. The first-order valence-corrected chi connectivity index (χ1v) is 9.21. The fraction of sp³-hybridized carbons (Fsp3) is 0.118. The number of carbonyl (C=O) groups excluding carboxylic acids is 1. The number of benzene rings is 1. The molecule has 26 heavy (non-hydrogen) atoms. The van der Waals surface area contributed by atoms with Crippen LogP contribution in [0.25, 0.3) is 10.2 Å². The van der Waals surface area contributed by atoms with E-state index in [1.54, 1.807) is 0 Å². The number of thiazole rings is 1. The summed E-state index contributed by atoms with van der Waals surface area (Å²) in [6.07, 6.45) is 0. The van der Waals surface area contributed by atoms with Crippen LogP contribution >= 0.6 is 23.1 Å². The van der Waals surface area contributed by atoms with E-state index in [-0.39, 0.29) is 28.6 Å². The summed E-state index contributed by atoms with van der Waals surface area (Å²) in [6, 6.07) is 11.1. The normalized spacial score (nSPS) is 10.3. The molecule has 0 bridgehead atoms. The maximum absolute atomic E-state index is 12.2. The first kappa shape index (κ1) is 17.7. The molecule has 128 valence electrons. The first-order chi connectivity index (χ1) is 12.5. The molecule has 3 aromatic rings. The van der Waals surface area contributed by atoms with Gasteiger partial charge in [0.1, 0.15) is 23.0 Å². The predicted molar refractivity (Wildman–Crippen MR) is 102 cm³/mol. The van der Waals surface area contributed by atoms with Gasteiger partial charge in [0.15, 0.2) is 5.13 Å². The van der Waals surface area contributed by atoms with Crippen LogP contribution in [0.2, 0.25) is 0 Å². The van der Waals surface area contributed by atoms with E-state index in [0.717, 1.165) is 27.5 Å². The molecule has 0 aliphatic heterocycles. The summed E-state index contributed by atoms with van der Waals surface area (Å²) in [7, 11) is 0. The maximum atomic E-state index is 12.2. The number of rotatable bonds is 4. The highest BCUT2D eigenvalue weighted by molar-refractivity contribution is 8.00. The minimum Gasteiger partial charge on any atom is -0.383 e. The van der Waals surface area contributed by atoms with Crippen LogP contribution in [0.3, 0.4) is 0 Å². The van der Waals surface area contributed by atoms with Crippen LogP contribution in [0.15, 0.2) is 29.3 Å². The van der Waals surface area contributed by atoms with Gasteiger partial charge in [-0.15, -0.1) is 0 Å². The minimum absolute atomic E-state index is 0.0380. The molecule has 0 aliphatic rings. The third-order valence-electron chi connectivity index (χ3n) is 3.46. The van der Waals surface area contributed by atoms with Crippen molar-refractivity contribution in [1.29, 1.82) is 10.5 Å². The Balaban J connectivity index is 1.71.